The normalized spacial score (nSPS) is 17.6. The second-order valence-electron chi connectivity index (χ2n) is 7.90. The van der Waals surface area contributed by atoms with Crippen molar-refractivity contribution in [2.45, 2.75) is 31.6 Å². The molecule has 150 valence electrons. The maximum absolute atomic E-state index is 12.5. The van der Waals surface area contributed by atoms with Gasteiger partial charge in [-0.2, -0.15) is 0 Å². The van der Waals surface area contributed by atoms with E-state index in [0.29, 0.717) is 43.0 Å². The van der Waals surface area contributed by atoms with Gasteiger partial charge in [0, 0.05) is 37.3 Å². The van der Waals surface area contributed by atoms with E-state index in [1.54, 1.807) is 10.6 Å². The van der Waals surface area contributed by atoms with Crippen LogP contribution >= 0.6 is 0 Å². The van der Waals surface area contributed by atoms with E-state index in [9.17, 15) is 9.59 Å². The highest BCUT2D eigenvalue weighted by Gasteiger charge is 2.27. The Labute approximate surface area is 167 Å². The Morgan fingerprint density at radius 1 is 1.14 bits per heavy atom. The molecule has 29 heavy (non-hydrogen) atoms. The second-order valence-corrected chi connectivity index (χ2v) is 7.90. The Morgan fingerprint density at radius 2 is 1.97 bits per heavy atom. The van der Waals surface area contributed by atoms with Gasteiger partial charge in [-0.3, -0.25) is 9.59 Å². The van der Waals surface area contributed by atoms with E-state index < -0.39 is 0 Å². The van der Waals surface area contributed by atoms with Gasteiger partial charge in [0.2, 0.25) is 11.4 Å². The lowest BCUT2D eigenvalue weighted by molar-refractivity contribution is 0.0658. The molecule has 3 aromatic heterocycles. The number of carbonyl (C=O) groups excluding carboxylic acids is 1. The maximum Gasteiger partial charge on any atom is 0.255 e. The predicted octanol–water partition coefficient (Wildman–Crippen LogP) is 2.23. The molecule has 3 aromatic rings. The number of carbonyl (C=O) groups is 1. The summed E-state index contributed by atoms with van der Waals surface area (Å²) in [6.45, 7) is 1.96. The molecule has 0 bridgehead atoms. The average molecular weight is 393 g/mol. The van der Waals surface area contributed by atoms with Crippen molar-refractivity contribution in [2.75, 3.05) is 19.7 Å². The Balaban J connectivity index is 1.15. The molecule has 5 rings (SSSR count). The van der Waals surface area contributed by atoms with E-state index in [4.69, 9.17) is 4.74 Å². The number of piperidine rings is 1. The van der Waals surface area contributed by atoms with Crippen LogP contribution in [0.5, 0.6) is 5.88 Å². The van der Waals surface area contributed by atoms with Crippen molar-refractivity contribution < 1.29 is 9.53 Å². The number of H-pyrrole nitrogens is 1. The summed E-state index contributed by atoms with van der Waals surface area (Å²) >= 11 is 0. The summed E-state index contributed by atoms with van der Waals surface area (Å²) in [5.74, 6) is 1.55. The van der Waals surface area contributed by atoms with E-state index >= 15 is 0 Å². The van der Waals surface area contributed by atoms with Gasteiger partial charge in [-0.15, -0.1) is 5.10 Å². The summed E-state index contributed by atoms with van der Waals surface area (Å²) in [6, 6.07) is 6.77. The molecule has 8 heteroatoms. The monoisotopic (exact) mass is 393 g/mol. The number of fused-ring (bicyclic) bond motifs is 1. The Bertz CT molecular complexity index is 1070. The van der Waals surface area contributed by atoms with Gasteiger partial charge in [-0.05, 0) is 43.7 Å². The largest absolute Gasteiger partial charge is 0.476 e. The van der Waals surface area contributed by atoms with E-state index in [2.05, 4.69) is 15.1 Å². The molecule has 2 aliphatic rings. The summed E-state index contributed by atoms with van der Waals surface area (Å²) in [4.78, 5) is 32.7. The first kappa shape index (κ1) is 17.9. The SMILES string of the molecule is O=C(c1ccc(=O)[nH]c1)N1CCC(COc2ccc3nc(C4CC4)cn3n2)CC1. The maximum atomic E-state index is 12.5. The predicted molar refractivity (Wildman–Crippen MR) is 106 cm³/mol. The summed E-state index contributed by atoms with van der Waals surface area (Å²) in [6.07, 6.45) is 7.68. The first-order chi connectivity index (χ1) is 14.2. The molecule has 0 unspecified atom stereocenters. The lowest BCUT2D eigenvalue weighted by Gasteiger charge is -2.31. The van der Waals surface area contributed by atoms with Crippen LogP contribution in [-0.2, 0) is 0 Å². The number of amides is 1. The Morgan fingerprint density at radius 3 is 2.69 bits per heavy atom. The third-order valence-electron chi connectivity index (χ3n) is 5.71. The van der Waals surface area contributed by atoms with Crippen LogP contribution in [0, 0.1) is 5.92 Å². The standard InChI is InChI=1S/C21H23N5O3/c27-19-5-3-16(11-22-19)21(28)25-9-7-14(8-10-25)13-29-20-6-4-18-23-17(15-1-2-15)12-26(18)24-20/h3-6,11-12,14-15H,1-2,7-10,13H2,(H,22,27). The number of aromatic amines is 1. The molecular weight excluding hydrogens is 370 g/mol. The number of pyridine rings is 1. The zero-order chi connectivity index (χ0) is 19.8. The van der Waals surface area contributed by atoms with Crippen LogP contribution in [0.25, 0.3) is 5.65 Å². The fourth-order valence-corrected chi connectivity index (χ4v) is 3.77. The quantitative estimate of drug-likeness (QED) is 0.718. The number of aromatic nitrogens is 4. The highest BCUT2D eigenvalue weighted by atomic mass is 16.5. The molecule has 1 amide bonds. The van der Waals surface area contributed by atoms with Crippen molar-refractivity contribution >= 4 is 11.6 Å². The van der Waals surface area contributed by atoms with Crippen molar-refractivity contribution in [1.82, 2.24) is 24.5 Å². The summed E-state index contributed by atoms with van der Waals surface area (Å²) in [5.41, 5.74) is 2.29. The van der Waals surface area contributed by atoms with Crippen LogP contribution in [0.1, 0.15) is 47.7 Å². The summed E-state index contributed by atoms with van der Waals surface area (Å²) in [7, 11) is 0. The minimum Gasteiger partial charge on any atom is -0.476 e. The fourth-order valence-electron chi connectivity index (χ4n) is 3.77. The molecule has 1 saturated carbocycles. The first-order valence-electron chi connectivity index (χ1n) is 10.1. The minimum atomic E-state index is -0.205. The molecular formula is C21H23N5O3. The number of nitrogens with zero attached hydrogens (tertiary/aromatic N) is 4. The number of rotatable bonds is 5. The molecule has 0 atom stereocenters. The Hall–Kier alpha value is -3.16. The minimum absolute atomic E-state index is 0.0423. The van der Waals surface area contributed by atoms with E-state index in [1.807, 2.05) is 23.2 Å². The lowest BCUT2D eigenvalue weighted by Crippen LogP contribution is -2.39. The fraction of sp³-hybridized carbons (Fsp3) is 0.429. The molecule has 2 fully saturated rings. The number of imidazole rings is 1. The third-order valence-corrected chi connectivity index (χ3v) is 5.71. The van der Waals surface area contributed by atoms with Crippen molar-refractivity contribution in [1.29, 1.82) is 0 Å². The van der Waals surface area contributed by atoms with Crippen LogP contribution in [-0.4, -0.2) is 50.1 Å². The number of nitrogens with one attached hydrogen (secondary N) is 1. The lowest BCUT2D eigenvalue weighted by atomic mass is 9.97. The van der Waals surface area contributed by atoms with Crippen molar-refractivity contribution in [3.8, 4) is 5.88 Å². The zero-order valence-electron chi connectivity index (χ0n) is 16.1. The highest BCUT2D eigenvalue weighted by Crippen LogP contribution is 2.39. The average Bonchev–Trinajstić information content (AvgIpc) is 3.52. The van der Waals surface area contributed by atoms with Crippen LogP contribution < -0.4 is 10.3 Å². The number of hydrogen-bond donors (Lipinski definition) is 1. The zero-order valence-corrected chi connectivity index (χ0v) is 16.1. The molecule has 1 saturated heterocycles. The summed E-state index contributed by atoms with van der Waals surface area (Å²) < 4.78 is 7.73. The molecule has 1 aliphatic carbocycles. The van der Waals surface area contributed by atoms with Gasteiger partial charge in [-0.25, -0.2) is 9.50 Å². The van der Waals surface area contributed by atoms with Crippen LogP contribution in [0.15, 0.2) is 41.5 Å². The second kappa shape index (κ2) is 7.35. The van der Waals surface area contributed by atoms with Gasteiger partial charge < -0.3 is 14.6 Å². The highest BCUT2D eigenvalue weighted by molar-refractivity contribution is 5.93. The molecule has 0 aromatic carbocycles. The van der Waals surface area contributed by atoms with E-state index in [1.165, 1.54) is 25.1 Å². The molecule has 0 radical (unpaired) electrons. The Kier molecular flexibility index (Phi) is 4.54. The molecule has 4 heterocycles. The number of likely N-dealkylation sites (tertiary alicyclic amines) is 1. The molecule has 8 nitrogen and oxygen atoms in total. The van der Waals surface area contributed by atoms with Gasteiger partial charge in [0.1, 0.15) is 0 Å². The van der Waals surface area contributed by atoms with E-state index in [-0.39, 0.29) is 11.5 Å². The van der Waals surface area contributed by atoms with Gasteiger partial charge >= 0.3 is 0 Å². The molecule has 1 aliphatic heterocycles. The van der Waals surface area contributed by atoms with Crippen LogP contribution in [0.4, 0.5) is 0 Å². The van der Waals surface area contributed by atoms with Crippen LogP contribution in [0.2, 0.25) is 0 Å². The number of ether oxygens (including phenoxy) is 1. The van der Waals surface area contributed by atoms with Crippen molar-refractivity contribution in [3.63, 3.8) is 0 Å². The molecule has 1 N–H and O–H groups in total. The van der Waals surface area contributed by atoms with E-state index in [0.717, 1.165) is 24.2 Å². The van der Waals surface area contributed by atoms with Crippen molar-refractivity contribution in [3.05, 3.63) is 58.3 Å². The van der Waals surface area contributed by atoms with Gasteiger partial charge in [-0.1, -0.05) is 0 Å². The third kappa shape index (κ3) is 3.87. The van der Waals surface area contributed by atoms with Gasteiger partial charge in [0.05, 0.1) is 24.1 Å². The van der Waals surface area contributed by atoms with Gasteiger partial charge in [0.15, 0.2) is 5.65 Å². The van der Waals surface area contributed by atoms with Gasteiger partial charge in [0.25, 0.3) is 5.91 Å². The molecule has 0 spiro atoms. The van der Waals surface area contributed by atoms with Crippen molar-refractivity contribution in [2.24, 2.45) is 5.92 Å². The topological polar surface area (TPSA) is 92.6 Å². The smallest absolute Gasteiger partial charge is 0.255 e. The number of hydrogen-bond acceptors (Lipinski definition) is 5. The first-order valence-corrected chi connectivity index (χ1v) is 10.1. The van der Waals surface area contributed by atoms with Crippen LogP contribution in [0.3, 0.4) is 0 Å². The summed E-state index contributed by atoms with van der Waals surface area (Å²) in [5, 5.41) is 4.52.